The first-order valence-corrected chi connectivity index (χ1v) is 11.4. The van der Waals surface area contributed by atoms with Crippen molar-refractivity contribution in [3.05, 3.63) is 64.8 Å². The van der Waals surface area contributed by atoms with Crippen molar-refractivity contribution in [2.75, 3.05) is 5.32 Å². The third-order valence-corrected chi connectivity index (χ3v) is 6.17. The minimum absolute atomic E-state index is 0.125. The zero-order chi connectivity index (χ0) is 21.8. The molecule has 0 bridgehead atoms. The Hall–Kier alpha value is -3.06. The van der Waals surface area contributed by atoms with Gasteiger partial charge in [0.05, 0.1) is 11.1 Å². The Bertz CT molecular complexity index is 1090. The highest BCUT2D eigenvalue weighted by atomic mass is 32.1. The molecule has 0 spiro atoms. The van der Waals surface area contributed by atoms with Crippen LogP contribution in [0.4, 0.5) is 5.13 Å². The van der Waals surface area contributed by atoms with Crippen LogP contribution in [0.3, 0.4) is 0 Å². The van der Waals surface area contributed by atoms with E-state index in [1.807, 2.05) is 56.3 Å². The Morgan fingerprint density at radius 1 is 1.23 bits per heavy atom. The highest BCUT2D eigenvalue weighted by Gasteiger charge is 2.44. The number of carbonyl (C=O) groups excluding carboxylic acids is 1. The quantitative estimate of drug-likeness (QED) is 0.459. The lowest BCUT2D eigenvalue weighted by Gasteiger charge is -2.37. The predicted molar refractivity (Wildman–Crippen MR) is 123 cm³/mol. The molecule has 0 aliphatic carbocycles. The van der Waals surface area contributed by atoms with Gasteiger partial charge in [0, 0.05) is 17.0 Å². The molecule has 0 saturated heterocycles. The maximum atomic E-state index is 13.3. The second-order valence-corrected chi connectivity index (χ2v) is 9.00. The molecular formula is C24H26N4O2S. The summed E-state index contributed by atoms with van der Waals surface area (Å²) in [4.78, 5) is 18.0. The number of carbonyl (C=O) groups is 1. The molecule has 1 N–H and O–H groups in total. The number of pyridine rings is 1. The summed E-state index contributed by atoms with van der Waals surface area (Å²) in [6.45, 7) is 6.07. The average molecular weight is 435 g/mol. The summed E-state index contributed by atoms with van der Waals surface area (Å²) in [6.07, 6.45) is 7.53. The summed E-state index contributed by atoms with van der Waals surface area (Å²) >= 11 is 1.30. The first-order chi connectivity index (χ1) is 15.0. The molecule has 0 fully saturated rings. The van der Waals surface area contributed by atoms with Crippen molar-refractivity contribution in [3.63, 3.8) is 0 Å². The number of benzene rings is 1. The summed E-state index contributed by atoms with van der Waals surface area (Å²) in [5.41, 5.74) is 3.55. The van der Waals surface area contributed by atoms with E-state index in [4.69, 9.17) is 9.72 Å². The number of para-hydroxylation sites is 1. The van der Waals surface area contributed by atoms with Crippen LogP contribution in [0.1, 0.15) is 62.8 Å². The van der Waals surface area contributed by atoms with E-state index in [-0.39, 0.29) is 11.8 Å². The van der Waals surface area contributed by atoms with Crippen molar-refractivity contribution < 1.29 is 9.53 Å². The number of rotatable bonds is 7. The number of aromatic nitrogens is 3. The molecule has 4 rings (SSSR count). The van der Waals surface area contributed by atoms with Crippen LogP contribution in [-0.4, -0.2) is 21.1 Å². The van der Waals surface area contributed by atoms with Gasteiger partial charge in [0.25, 0.3) is 0 Å². The smallest absolute Gasteiger partial charge is 0.232 e. The zero-order valence-corrected chi connectivity index (χ0v) is 18.8. The normalized spacial score (nSPS) is 15.3. The highest BCUT2D eigenvalue weighted by molar-refractivity contribution is 7.13. The first kappa shape index (κ1) is 21.2. The lowest BCUT2D eigenvalue weighted by molar-refractivity contribution is -0.124. The van der Waals surface area contributed by atoms with E-state index in [0.29, 0.717) is 11.0 Å². The van der Waals surface area contributed by atoms with Crippen LogP contribution in [0.2, 0.25) is 0 Å². The monoisotopic (exact) mass is 434 g/mol. The van der Waals surface area contributed by atoms with Gasteiger partial charge >= 0.3 is 0 Å². The second kappa shape index (κ2) is 8.98. The zero-order valence-electron chi connectivity index (χ0n) is 18.0. The number of anilines is 1. The Balaban J connectivity index is 1.70. The second-order valence-electron chi connectivity index (χ2n) is 8.17. The van der Waals surface area contributed by atoms with Gasteiger partial charge in [-0.25, -0.2) is 4.98 Å². The number of ether oxygens (including phenoxy) is 1. The molecule has 0 radical (unpaired) electrons. The van der Waals surface area contributed by atoms with E-state index in [9.17, 15) is 4.79 Å². The van der Waals surface area contributed by atoms with E-state index in [2.05, 4.69) is 28.5 Å². The van der Waals surface area contributed by atoms with Crippen LogP contribution >= 0.6 is 11.3 Å². The molecule has 160 valence electrons. The number of nitrogens with zero attached hydrogens (tertiary/aromatic N) is 3. The molecule has 1 amide bonds. The van der Waals surface area contributed by atoms with Gasteiger partial charge in [-0.1, -0.05) is 75.3 Å². The molecule has 1 aliphatic rings. The van der Waals surface area contributed by atoms with Crippen LogP contribution in [0.25, 0.3) is 6.08 Å². The van der Waals surface area contributed by atoms with Crippen LogP contribution in [0, 0.1) is 5.41 Å². The van der Waals surface area contributed by atoms with Crippen molar-refractivity contribution in [3.8, 4) is 11.6 Å². The molecule has 31 heavy (non-hydrogen) atoms. The standard InChI is InChI=1S/C24H26N4O2S/c1-4-5-6-7-10-16-13-14-18-20(17-11-8-9-12-19(17)30-21(18)26-16)24(2,3)22(29)27-23-28-25-15-31-23/h7-15,20H,4-6H2,1-3H3,(H,27,28,29)/t20-/m0/s1. The molecular weight excluding hydrogens is 408 g/mol. The fraction of sp³-hybridized carbons (Fsp3) is 0.333. The topological polar surface area (TPSA) is 77.0 Å². The number of hydrogen-bond acceptors (Lipinski definition) is 6. The van der Waals surface area contributed by atoms with Crippen molar-refractivity contribution in [2.45, 2.75) is 46.0 Å². The molecule has 0 unspecified atom stereocenters. The number of unbranched alkanes of at least 4 members (excludes halogenated alkanes) is 2. The van der Waals surface area contributed by atoms with Gasteiger partial charge < -0.3 is 10.1 Å². The molecule has 1 aliphatic heterocycles. The molecule has 6 nitrogen and oxygen atoms in total. The Morgan fingerprint density at radius 3 is 2.84 bits per heavy atom. The number of hydrogen-bond donors (Lipinski definition) is 1. The number of amides is 1. The van der Waals surface area contributed by atoms with E-state index in [1.54, 1.807) is 5.51 Å². The van der Waals surface area contributed by atoms with Crippen molar-refractivity contribution in [2.24, 2.45) is 5.41 Å². The van der Waals surface area contributed by atoms with Crippen LogP contribution in [-0.2, 0) is 4.79 Å². The van der Waals surface area contributed by atoms with E-state index in [1.165, 1.54) is 11.3 Å². The number of fused-ring (bicyclic) bond motifs is 2. The molecule has 7 heteroatoms. The summed E-state index contributed by atoms with van der Waals surface area (Å²) < 4.78 is 6.16. The molecule has 0 saturated carbocycles. The minimum atomic E-state index is -0.777. The Morgan fingerprint density at radius 2 is 2.06 bits per heavy atom. The van der Waals surface area contributed by atoms with Crippen molar-refractivity contribution >= 4 is 28.5 Å². The van der Waals surface area contributed by atoms with E-state index in [0.717, 1.165) is 41.8 Å². The van der Waals surface area contributed by atoms with Gasteiger partial charge in [0.2, 0.25) is 16.9 Å². The van der Waals surface area contributed by atoms with Gasteiger partial charge in [0.1, 0.15) is 11.3 Å². The van der Waals surface area contributed by atoms with Gasteiger partial charge in [-0.15, -0.1) is 10.2 Å². The van der Waals surface area contributed by atoms with Gasteiger partial charge in [-0.3, -0.25) is 4.79 Å². The molecule has 1 atom stereocenters. The van der Waals surface area contributed by atoms with Crippen molar-refractivity contribution in [1.82, 2.24) is 15.2 Å². The maximum absolute atomic E-state index is 13.3. The average Bonchev–Trinajstić information content (AvgIpc) is 3.27. The molecule has 1 aromatic carbocycles. The highest BCUT2D eigenvalue weighted by Crippen LogP contribution is 2.51. The number of allylic oxidation sites excluding steroid dienone is 1. The predicted octanol–water partition coefficient (Wildman–Crippen LogP) is 6.04. The van der Waals surface area contributed by atoms with Crippen molar-refractivity contribution in [1.29, 1.82) is 0 Å². The Labute approximate surface area is 186 Å². The van der Waals surface area contributed by atoms with Crippen LogP contribution in [0.15, 0.2) is 48.0 Å². The SMILES string of the molecule is CCCCC=Cc1ccc2c(n1)Oc1ccccc1[C@@H]2C(C)(C)C(=O)Nc1nncs1. The summed E-state index contributed by atoms with van der Waals surface area (Å²) in [5, 5.41) is 11.1. The molecule has 3 aromatic rings. The van der Waals surface area contributed by atoms with Gasteiger partial charge in [0.15, 0.2) is 0 Å². The lowest BCUT2D eigenvalue weighted by atomic mass is 9.69. The summed E-state index contributed by atoms with van der Waals surface area (Å²) in [7, 11) is 0. The van der Waals surface area contributed by atoms with Gasteiger partial charge in [-0.2, -0.15) is 0 Å². The fourth-order valence-corrected chi connectivity index (χ4v) is 4.30. The first-order valence-electron chi connectivity index (χ1n) is 10.5. The lowest BCUT2D eigenvalue weighted by Crippen LogP contribution is -2.38. The van der Waals surface area contributed by atoms with Gasteiger partial charge in [-0.05, 0) is 24.6 Å². The maximum Gasteiger partial charge on any atom is 0.232 e. The van der Waals surface area contributed by atoms with E-state index < -0.39 is 5.41 Å². The largest absolute Gasteiger partial charge is 0.438 e. The summed E-state index contributed by atoms with van der Waals surface area (Å²) in [6, 6.07) is 11.9. The summed E-state index contributed by atoms with van der Waals surface area (Å²) in [5.74, 6) is 0.945. The third kappa shape index (κ3) is 4.37. The van der Waals surface area contributed by atoms with E-state index >= 15 is 0 Å². The van der Waals surface area contributed by atoms with Crippen LogP contribution < -0.4 is 10.1 Å². The molecule has 3 heterocycles. The number of nitrogens with one attached hydrogen (secondary N) is 1. The van der Waals surface area contributed by atoms with Crippen LogP contribution in [0.5, 0.6) is 11.6 Å². The molecule has 2 aromatic heterocycles. The fourth-order valence-electron chi connectivity index (χ4n) is 3.86. The Kier molecular flexibility index (Phi) is 6.13. The minimum Gasteiger partial charge on any atom is -0.438 e. The third-order valence-electron chi connectivity index (χ3n) is 5.56.